The first kappa shape index (κ1) is 24.8. The summed E-state index contributed by atoms with van der Waals surface area (Å²) >= 11 is 0. The van der Waals surface area contributed by atoms with Gasteiger partial charge in [-0.1, -0.05) is 6.07 Å². The van der Waals surface area contributed by atoms with Crippen LogP contribution in [0.15, 0.2) is 29.3 Å². The number of nitrogens with zero attached hydrogens (tertiary/aromatic N) is 1. The number of aliphatic imine (C=N–C) groups is 1. The molecular formula is C20H34IN3O4. The summed E-state index contributed by atoms with van der Waals surface area (Å²) in [5.41, 5.74) is 0. The molecule has 1 aliphatic heterocycles. The zero-order chi connectivity index (χ0) is 19.2. The first-order valence-electron chi connectivity index (χ1n) is 9.80. The SMILES string of the molecule is CCNC(=NCCCOc1cccc(OC)c1)NCCCOC1CCOC1.I. The number of halogens is 1. The molecule has 1 heterocycles. The highest BCUT2D eigenvalue weighted by Crippen LogP contribution is 2.18. The molecule has 0 bridgehead atoms. The van der Waals surface area contributed by atoms with Gasteiger partial charge in [-0.25, -0.2) is 0 Å². The molecule has 0 aliphatic carbocycles. The number of rotatable bonds is 12. The van der Waals surface area contributed by atoms with Crippen molar-refractivity contribution in [2.75, 3.05) is 53.2 Å². The average molecular weight is 507 g/mol. The lowest BCUT2D eigenvalue weighted by molar-refractivity contribution is 0.0420. The largest absolute Gasteiger partial charge is 0.497 e. The first-order valence-corrected chi connectivity index (χ1v) is 9.80. The number of nitrogens with one attached hydrogen (secondary N) is 2. The summed E-state index contributed by atoms with van der Waals surface area (Å²) in [6, 6.07) is 7.63. The van der Waals surface area contributed by atoms with Crippen LogP contribution in [0.5, 0.6) is 11.5 Å². The van der Waals surface area contributed by atoms with E-state index in [1.807, 2.05) is 24.3 Å². The monoisotopic (exact) mass is 507 g/mol. The smallest absolute Gasteiger partial charge is 0.191 e. The minimum Gasteiger partial charge on any atom is -0.497 e. The molecule has 0 spiro atoms. The van der Waals surface area contributed by atoms with Gasteiger partial charge in [-0.2, -0.15) is 0 Å². The van der Waals surface area contributed by atoms with Crippen molar-refractivity contribution in [1.29, 1.82) is 0 Å². The number of methoxy groups -OCH3 is 1. The molecule has 0 radical (unpaired) electrons. The molecule has 1 aromatic rings. The van der Waals surface area contributed by atoms with E-state index in [1.165, 1.54) is 0 Å². The van der Waals surface area contributed by atoms with Crippen LogP contribution < -0.4 is 20.1 Å². The van der Waals surface area contributed by atoms with Gasteiger partial charge >= 0.3 is 0 Å². The van der Waals surface area contributed by atoms with Crippen LogP contribution in [0.3, 0.4) is 0 Å². The lowest BCUT2D eigenvalue weighted by Gasteiger charge is -2.13. The van der Waals surface area contributed by atoms with E-state index >= 15 is 0 Å². The minimum absolute atomic E-state index is 0. The second kappa shape index (κ2) is 15.6. The van der Waals surface area contributed by atoms with E-state index in [9.17, 15) is 0 Å². The third-order valence-corrected chi connectivity index (χ3v) is 4.08. The Morgan fingerprint density at radius 2 is 2.07 bits per heavy atom. The second-order valence-electron chi connectivity index (χ2n) is 6.28. The molecule has 0 saturated carbocycles. The molecule has 1 fully saturated rings. The Morgan fingerprint density at radius 1 is 1.21 bits per heavy atom. The van der Waals surface area contributed by atoms with E-state index in [2.05, 4.69) is 22.5 Å². The summed E-state index contributed by atoms with van der Waals surface area (Å²) in [6.07, 6.45) is 3.07. The highest BCUT2D eigenvalue weighted by Gasteiger charge is 2.15. The topological polar surface area (TPSA) is 73.3 Å². The van der Waals surface area contributed by atoms with Crippen LogP contribution in [0.4, 0.5) is 0 Å². The van der Waals surface area contributed by atoms with Crippen LogP contribution >= 0.6 is 24.0 Å². The van der Waals surface area contributed by atoms with Crippen molar-refractivity contribution in [2.45, 2.75) is 32.3 Å². The predicted octanol–water partition coefficient (Wildman–Crippen LogP) is 2.83. The number of hydrogen-bond donors (Lipinski definition) is 2. The molecule has 8 heteroatoms. The molecular weight excluding hydrogens is 473 g/mol. The molecule has 1 aromatic carbocycles. The number of guanidine groups is 1. The van der Waals surface area contributed by atoms with Crippen molar-refractivity contribution >= 4 is 29.9 Å². The molecule has 160 valence electrons. The maximum absolute atomic E-state index is 5.77. The highest BCUT2D eigenvalue weighted by molar-refractivity contribution is 14.0. The lowest BCUT2D eigenvalue weighted by atomic mass is 10.3. The zero-order valence-electron chi connectivity index (χ0n) is 16.9. The third-order valence-electron chi connectivity index (χ3n) is 4.08. The first-order chi connectivity index (χ1) is 13.3. The zero-order valence-corrected chi connectivity index (χ0v) is 19.3. The van der Waals surface area contributed by atoms with Crippen LogP contribution in [0.2, 0.25) is 0 Å². The molecule has 1 unspecified atom stereocenters. The lowest BCUT2D eigenvalue weighted by Crippen LogP contribution is -2.38. The van der Waals surface area contributed by atoms with Crippen molar-refractivity contribution in [2.24, 2.45) is 4.99 Å². The highest BCUT2D eigenvalue weighted by atomic mass is 127. The van der Waals surface area contributed by atoms with Gasteiger partial charge in [-0.05, 0) is 31.9 Å². The van der Waals surface area contributed by atoms with Crippen molar-refractivity contribution in [3.63, 3.8) is 0 Å². The van der Waals surface area contributed by atoms with Gasteiger partial charge in [0.2, 0.25) is 0 Å². The molecule has 0 amide bonds. The van der Waals surface area contributed by atoms with E-state index in [1.54, 1.807) is 7.11 Å². The third kappa shape index (κ3) is 10.3. The van der Waals surface area contributed by atoms with Crippen molar-refractivity contribution in [1.82, 2.24) is 10.6 Å². The Balaban J connectivity index is 0.00000392. The quantitative estimate of drug-likeness (QED) is 0.196. The molecule has 7 nitrogen and oxygen atoms in total. The van der Waals surface area contributed by atoms with Crippen LogP contribution in [0.1, 0.15) is 26.2 Å². The second-order valence-corrected chi connectivity index (χ2v) is 6.28. The van der Waals surface area contributed by atoms with Gasteiger partial charge in [0.05, 0.1) is 26.4 Å². The average Bonchev–Trinajstić information content (AvgIpc) is 3.21. The van der Waals surface area contributed by atoms with Crippen LogP contribution in [-0.2, 0) is 9.47 Å². The summed E-state index contributed by atoms with van der Waals surface area (Å²) in [4.78, 5) is 4.58. The Bertz CT molecular complexity index is 554. The summed E-state index contributed by atoms with van der Waals surface area (Å²) in [7, 11) is 1.65. The van der Waals surface area contributed by atoms with Gasteiger partial charge in [-0.3, -0.25) is 4.99 Å². The van der Waals surface area contributed by atoms with Crippen molar-refractivity contribution < 1.29 is 18.9 Å². The molecule has 1 aliphatic rings. The van der Waals surface area contributed by atoms with E-state index in [0.29, 0.717) is 13.2 Å². The molecule has 28 heavy (non-hydrogen) atoms. The Morgan fingerprint density at radius 3 is 2.82 bits per heavy atom. The fourth-order valence-electron chi connectivity index (χ4n) is 2.65. The van der Waals surface area contributed by atoms with Gasteiger partial charge in [0.15, 0.2) is 5.96 Å². The standard InChI is InChI=1S/C20H33N3O4.HI/c1-3-21-20(23-11-6-13-27-19-9-14-25-16-19)22-10-5-12-26-18-8-4-7-17(15-18)24-2;/h4,7-8,15,19H,3,5-6,9-14,16H2,1-2H3,(H2,21,22,23);1H. The molecule has 2 rings (SSSR count). The predicted molar refractivity (Wildman–Crippen MR) is 122 cm³/mol. The van der Waals surface area contributed by atoms with Gasteiger partial charge in [0.1, 0.15) is 11.5 Å². The van der Waals surface area contributed by atoms with E-state index in [4.69, 9.17) is 18.9 Å². The summed E-state index contributed by atoms with van der Waals surface area (Å²) in [5.74, 6) is 2.45. The Kier molecular flexibility index (Phi) is 13.8. The Labute approximate surface area is 185 Å². The fraction of sp³-hybridized carbons (Fsp3) is 0.650. The minimum atomic E-state index is 0. The van der Waals surface area contributed by atoms with Gasteiger partial charge in [-0.15, -0.1) is 24.0 Å². The number of ether oxygens (including phenoxy) is 4. The number of hydrogen-bond acceptors (Lipinski definition) is 5. The molecule has 2 N–H and O–H groups in total. The van der Waals surface area contributed by atoms with Crippen molar-refractivity contribution in [3.05, 3.63) is 24.3 Å². The van der Waals surface area contributed by atoms with Gasteiger partial charge < -0.3 is 29.6 Å². The van der Waals surface area contributed by atoms with Gasteiger partial charge in [0.25, 0.3) is 0 Å². The molecule has 1 saturated heterocycles. The maximum atomic E-state index is 5.77. The summed E-state index contributed by atoms with van der Waals surface area (Å²) < 4.78 is 22.0. The van der Waals surface area contributed by atoms with Crippen LogP contribution in [0.25, 0.3) is 0 Å². The number of benzene rings is 1. The van der Waals surface area contributed by atoms with Crippen molar-refractivity contribution in [3.8, 4) is 11.5 Å². The molecule has 0 aromatic heterocycles. The normalized spacial score (nSPS) is 16.4. The Hall–Kier alpha value is -1.26. The van der Waals surface area contributed by atoms with Gasteiger partial charge in [0, 0.05) is 45.3 Å². The fourth-order valence-corrected chi connectivity index (χ4v) is 2.65. The summed E-state index contributed by atoms with van der Waals surface area (Å²) in [6.45, 7) is 7.35. The van der Waals surface area contributed by atoms with Crippen LogP contribution in [0, 0.1) is 0 Å². The maximum Gasteiger partial charge on any atom is 0.191 e. The van der Waals surface area contributed by atoms with E-state index in [-0.39, 0.29) is 30.1 Å². The van der Waals surface area contributed by atoms with Crippen LogP contribution in [-0.4, -0.2) is 65.2 Å². The van der Waals surface area contributed by atoms with E-state index in [0.717, 1.165) is 69.6 Å². The van der Waals surface area contributed by atoms with E-state index < -0.39 is 0 Å². The molecule has 1 atom stereocenters. The summed E-state index contributed by atoms with van der Waals surface area (Å²) in [5, 5.41) is 6.60.